The van der Waals surface area contributed by atoms with Crippen LogP contribution in [-0.4, -0.2) is 57.9 Å². The third-order valence-electron chi connectivity index (χ3n) is 4.00. The number of hydrogen-bond donors (Lipinski definition) is 3. The molecule has 26 heavy (non-hydrogen) atoms. The lowest BCUT2D eigenvalue weighted by atomic mass is 10.0. The molecule has 2 amide bonds. The second-order valence-corrected chi connectivity index (χ2v) is 8.27. The molecule has 1 unspecified atom stereocenters. The van der Waals surface area contributed by atoms with Gasteiger partial charge in [-0.05, 0) is 11.6 Å². The van der Waals surface area contributed by atoms with Crippen molar-refractivity contribution in [3.63, 3.8) is 0 Å². The number of rotatable bonds is 5. The molecule has 0 saturated carbocycles. The molecule has 0 aromatic heterocycles. The molecule has 3 atom stereocenters. The molecule has 138 valence electrons. The minimum Gasteiger partial charge on any atom is -0.477 e. The van der Waals surface area contributed by atoms with Gasteiger partial charge in [-0.25, -0.2) is 4.79 Å². The van der Waals surface area contributed by atoms with E-state index in [0.29, 0.717) is 5.75 Å². The van der Waals surface area contributed by atoms with E-state index in [2.05, 4.69) is 5.32 Å². The summed E-state index contributed by atoms with van der Waals surface area (Å²) < 4.78 is 32.8. The number of aliphatic carboxylic acids is 1. The van der Waals surface area contributed by atoms with Crippen LogP contribution in [0.5, 0.6) is 0 Å². The van der Waals surface area contributed by atoms with Crippen molar-refractivity contribution >= 4 is 39.7 Å². The van der Waals surface area contributed by atoms with Gasteiger partial charge in [0, 0.05) is 5.75 Å². The zero-order chi connectivity index (χ0) is 19.1. The molecule has 1 aromatic carbocycles. The average molecular weight is 398 g/mol. The van der Waals surface area contributed by atoms with Crippen LogP contribution < -0.4 is 5.32 Å². The molecule has 1 fully saturated rings. The Morgan fingerprint density at radius 2 is 1.92 bits per heavy atom. The number of β-lactam (4-membered cyclic amide) rings is 1. The highest BCUT2D eigenvalue weighted by atomic mass is 32.2. The lowest BCUT2D eigenvalue weighted by Crippen LogP contribution is -2.70. The fourth-order valence-electron chi connectivity index (χ4n) is 2.85. The monoisotopic (exact) mass is 398 g/mol. The van der Waals surface area contributed by atoms with Crippen LogP contribution in [-0.2, 0) is 24.5 Å². The van der Waals surface area contributed by atoms with E-state index in [4.69, 9.17) is 5.11 Å². The van der Waals surface area contributed by atoms with E-state index < -0.39 is 44.6 Å². The first-order valence-corrected chi connectivity index (χ1v) is 9.96. The summed E-state index contributed by atoms with van der Waals surface area (Å²) in [4.78, 5) is 36.9. The van der Waals surface area contributed by atoms with Gasteiger partial charge >= 0.3 is 5.97 Å². The summed E-state index contributed by atoms with van der Waals surface area (Å²) in [5.41, 5.74) is -0.114. The van der Waals surface area contributed by atoms with Gasteiger partial charge in [0.15, 0.2) is 5.25 Å². The van der Waals surface area contributed by atoms with Crippen molar-refractivity contribution in [2.75, 3.05) is 5.75 Å². The van der Waals surface area contributed by atoms with Gasteiger partial charge < -0.3 is 10.4 Å². The Morgan fingerprint density at radius 1 is 1.27 bits per heavy atom. The zero-order valence-electron chi connectivity index (χ0n) is 13.1. The van der Waals surface area contributed by atoms with Crippen molar-refractivity contribution in [1.29, 1.82) is 0 Å². The minimum atomic E-state index is -4.77. The Bertz CT molecular complexity index is 898. The van der Waals surface area contributed by atoms with Crippen molar-refractivity contribution in [3.8, 4) is 0 Å². The van der Waals surface area contributed by atoms with E-state index in [-0.39, 0.29) is 11.3 Å². The Kier molecular flexibility index (Phi) is 4.78. The molecular weight excluding hydrogens is 384 g/mol. The van der Waals surface area contributed by atoms with E-state index in [9.17, 15) is 27.4 Å². The first-order chi connectivity index (χ1) is 12.2. The maximum absolute atomic E-state index is 12.5. The SMILES string of the molecule is O=C(O)C1=CCS[C@@H]2[C@H](NC(=O)C(c3ccccc3)S(=O)(=O)O)C(=O)N12. The number of carbonyl (C=O) groups is 3. The number of amides is 2. The summed E-state index contributed by atoms with van der Waals surface area (Å²) in [6, 6.07) is 6.31. The maximum atomic E-state index is 12.5. The molecule has 11 heteroatoms. The predicted molar refractivity (Wildman–Crippen MR) is 91.5 cm³/mol. The molecule has 1 aromatic rings. The smallest absolute Gasteiger partial charge is 0.352 e. The van der Waals surface area contributed by atoms with Crippen molar-refractivity contribution in [3.05, 3.63) is 47.7 Å². The van der Waals surface area contributed by atoms with Gasteiger partial charge in [-0.1, -0.05) is 30.3 Å². The Hall–Kier alpha value is -2.37. The standard InChI is InChI=1S/C15H14N2O7S2/c18-12(11(26(22,23)24)8-4-2-1-3-5-8)16-10-13(19)17-9(15(20)21)6-7-25-14(10)17/h1-6,10-11,14H,7H2,(H,16,18)(H,20,21)(H,22,23,24)/t10-,11?,14-/m1/s1. The number of fused-ring (bicyclic) bond motifs is 1. The zero-order valence-corrected chi connectivity index (χ0v) is 14.7. The number of thioether (sulfide) groups is 1. The molecule has 3 N–H and O–H groups in total. The number of carboxylic acid groups (broad SMARTS) is 1. The summed E-state index contributed by atoms with van der Waals surface area (Å²) >= 11 is 1.24. The highest BCUT2D eigenvalue weighted by Crippen LogP contribution is 2.37. The molecule has 2 heterocycles. The normalized spacial score (nSPS) is 23.3. The quantitative estimate of drug-likeness (QED) is 0.464. The largest absolute Gasteiger partial charge is 0.477 e. The van der Waals surface area contributed by atoms with Crippen LogP contribution in [0, 0.1) is 0 Å². The summed E-state index contributed by atoms with van der Waals surface area (Å²) in [7, 11) is -4.77. The van der Waals surface area contributed by atoms with Crippen molar-refractivity contribution < 1.29 is 32.5 Å². The molecule has 0 radical (unpaired) electrons. The topological polar surface area (TPSA) is 141 Å². The molecule has 9 nitrogen and oxygen atoms in total. The Balaban J connectivity index is 1.81. The lowest BCUT2D eigenvalue weighted by molar-refractivity contribution is -0.150. The predicted octanol–water partition coefficient (Wildman–Crippen LogP) is -0.0161. The van der Waals surface area contributed by atoms with Crippen molar-refractivity contribution in [2.45, 2.75) is 16.7 Å². The third kappa shape index (κ3) is 3.20. The van der Waals surface area contributed by atoms with Gasteiger partial charge in [0.2, 0.25) is 5.91 Å². The third-order valence-corrected chi connectivity index (χ3v) is 6.27. The minimum absolute atomic E-state index is 0.0542. The van der Waals surface area contributed by atoms with Crippen LogP contribution in [0.4, 0.5) is 0 Å². The molecule has 0 spiro atoms. The first kappa shape index (κ1) is 18.4. The van der Waals surface area contributed by atoms with Gasteiger partial charge in [-0.2, -0.15) is 8.42 Å². The van der Waals surface area contributed by atoms with E-state index in [1.54, 1.807) is 6.07 Å². The Morgan fingerprint density at radius 3 is 2.50 bits per heavy atom. The molecule has 0 aliphatic carbocycles. The van der Waals surface area contributed by atoms with E-state index in [1.807, 2.05) is 0 Å². The van der Waals surface area contributed by atoms with Gasteiger partial charge in [-0.3, -0.25) is 19.0 Å². The van der Waals surface area contributed by atoms with Crippen LogP contribution in [0.3, 0.4) is 0 Å². The molecule has 1 saturated heterocycles. The highest BCUT2D eigenvalue weighted by molar-refractivity contribution is 8.00. The molecular formula is C15H14N2O7S2. The maximum Gasteiger partial charge on any atom is 0.352 e. The van der Waals surface area contributed by atoms with Gasteiger partial charge in [0.1, 0.15) is 17.1 Å². The van der Waals surface area contributed by atoms with Crippen molar-refractivity contribution in [1.82, 2.24) is 10.2 Å². The number of carboxylic acids is 1. The van der Waals surface area contributed by atoms with Crippen LogP contribution >= 0.6 is 11.8 Å². The molecule has 0 bridgehead atoms. The fraction of sp³-hybridized carbons (Fsp3) is 0.267. The van der Waals surface area contributed by atoms with E-state index >= 15 is 0 Å². The highest BCUT2D eigenvalue weighted by Gasteiger charge is 2.53. The van der Waals surface area contributed by atoms with Crippen LogP contribution in [0.15, 0.2) is 42.1 Å². The van der Waals surface area contributed by atoms with Gasteiger partial charge in [0.25, 0.3) is 16.0 Å². The second-order valence-electron chi connectivity index (χ2n) is 5.62. The Labute approximate surface area is 152 Å². The number of carbonyl (C=O) groups excluding carboxylic acids is 2. The summed E-state index contributed by atoms with van der Waals surface area (Å²) in [5, 5.41) is 8.92. The van der Waals surface area contributed by atoms with Crippen molar-refractivity contribution in [2.24, 2.45) is 0 Å². The number of nitrogens with one attached hydrogen (secondary N) is 1. The van der Waals surface area contributed by atoms with E-state index in [0.717, 1.165) is 4.90 Å². The van der Waals surface area contributed by atoms with Gasteiger partial charge in [0.05, 0.1) is 0 Å². The molecule has 3 rings (SSSR count). The number of hydrogen-bond acceptors (Lipinski definition) is 6. The van der Waals surface area contributed by atoms with Gasteiger partial charge in [-0.15, -0.1) is 11.8 Å². The van der Waals surface area contributed by atoms with Crippen LogP contribution in [0.2, 0.25) is 0 Å². The average Bonchev–Trinajstić information content (AvgIpc) is 2.58. The van der Waals surface area contributed by atoms with Crippen LogP contribution in [0.25, 0.3) is 0 Å². The number of benzene rings is 1. The fourth-order valence-corrected chi connectivity index (χ4v) is 4.89. The molecule has 2 aliphatic heterocycles. The lowest BCUT2D eigenvalue weighted by Gasteiger charge is -2.48. The summed E-state index contributed by atoms with van der Waals surface area (Å²) in [6.45, 7) is 0. The first-order valence-electron chi connectivity index (χ1n) is 7.41. The van der Waals surface area contributed by atoms with E-state index in [1.165, 1.54) is 42.1 Å². The van der Waals surface area contributed by atoms with Crippen LogP contribution in [0.1, 0.15) is 10.8 Å². The number of nitrogens with zero attached hydrogens (tertiary/aromatic N) is 1. The second kappa shape index (κ2) is 6.74. The molecule has 2 aliphatic rings. The summed E-state index contributed by atoms with van der Waals surface area (Å²) in [6.07, 6.45) is 1.39. The summed E-state index contributed by atoms with van der Waals surface area (Å²) in [5.74, 6) is -2.62.